The van der Waals surface area contributed by atoms with Gasteiger partial charge in [0.2, 0.25) is 0 Å². The molecule has 1 aromatic carbocycles. The van der Waals surface area contributed by atoms with Gasteiger partial charge in [-0.1, -0.05) is 41.5 Å². The second-order valence-electron chi connectivity index (χ2n) is 8.13. The molecule has 1 rings (SSSR count). The minimum absolute atomic E-state index is 0.107. The fourth-order valence-electron chi connectivity index (χ4n) is 2.24. The average Bonchev–Trinajstić information content (AvgIpc) is 2.25. The lowest BCUT2D eigenvalue weighted by Gasteiger charge is -2.32. The van der Waals surface area contributed by atoms with Crippen LogP contribution in [0.1, 0.15) is 72.1 Å². The lowest BCUT2D eigenvalue weighted by molar-refractivity contribution is 0.0189. The van der Waals surface area contributed by atoms with Crippen LogP contribution in [0.2, 0.25) is 0 Å². The summed E-state index contributed by atoms with van der Waals surface area (Å²) in [5.41, 5.74) is 2.48. The number of methoxy groups -OCH3 is 1. The highest BCUT2D eigenvalue weighted by Crippen LogP contribution is 2.42. The molecule has 0 aliphatic heterocycles. The van der Waals surface area contributed by atoms with Gasteiger partial charge in [0.05, 0.1) is 5.60 Å². The maximum Gasteiger partial charge on any atom is 0.123 e. The van der Waals surface area contributed by atoms with Gasteiger partial charge in [0, 0.05) is 7.11 Å². The minimum atomic E-state index is -0.367. The van der Waals surface area contributed by atoms with Crippen molar-refractivity contribution in [3.63, 3.8) is 0 Å². The number of benzene rings is 1. The van der Waals surface area contributed by atoms with E-state index in [1.165, 1.54) is 0 Å². The molecule has 0 fully saturated rings. The highest BCUT2D eigenvalue weighted by Gasteiger charge is 2.30. The first-order valence-electron chi connectivity index (χ1n) is 7.24. The fourth-order valence-corrected chi connectivity index (χ4v) is 2.24. The second kappa shape index (κ2) is 5.07. The van der Waals surface area contributed by atoms with Crippen LogP contribution in [0.5, 0.6) is 5.75 Å². The van der Waals surface area contributed by atoms with Crippen LogP contribution in [0.15, 0.2) is 12.1 Å². The van der Waals surface area contributed by atoms with Crippen LogP contribution in [-0.4, -0.2) is 12.2 Å². The standard InChI is InChI=1S/C18H30O2/c1-16(2,3)13-10-12(18(7,8)20-9)11-14(15(13)19)17(4,5)6/h10-11,19H,1-9H3. The maximum absolute atomic E-state index is 10.7. The lowest BCUT2D eigenvalue weighted by Crippen LogP contribution is -2.24. The van der Waals surface area contributed by atoms with Crippen molar-refractivity contribution in [1.29, 1.82) is 0 Å². The molecule has 0 atom stereocenters. The van der Waals surface area contributed by atoms with Gasteiger partial charge in [-0.2, -0.15) is 0 Å². The van der Waals surface area contributed by atoms with Gasteiger partial charge >= 0.3 is 0 Å². The van der Waals surface area contributed by atoms with E-state index in [0.717, 1.165) is 16.7 Å². The molecule has 0 aliphatic rings. The molecule has 0 spiro atoms. The molecule has 0 aromatic heterocycles. The van der Waals surface area contributed by atoms with Gasteiger partial charge in [-0.25, -0.2) is 0 Å². The zero-order valence-corrected chi connectivity index (χ0v) is 14.5. The van der Waals surface area contributed by atoms with E-state index in [1.807, 2.05) is 0 Å². The quantitative estimate of drug-likeness (QED) is 0.836. The summed E-state index contributed by atoms with van der Waals surface area (Å²) in [6, 6.07) is 4.15. The predicted molar refractivity (Wildman–Crippen MR) is 85.5 cm³/mol. The average molecular weight is 278 g/mol. The van der Waals surface area contributed by atoms with Gasteiger partial charge in [-0.3, -0.25) is 0 Å². The van der Waals surface area contributed by atoms with Crippen LogP contribution in [0, 0.1) is 0 Å². The topological polar surface area (TPSA) is 29.5 Å². The molecule has 1 N–H and O–H groups in total. The van der Waals surface area contributed by atoms with Crippen molar-refractivity contribution in [1.82, 2.24) is 0 Å². The molecule has 0 amide bonds. The Bertz CT molecular complexity index is 450. The highest BCUT2D eigenvalue weighted by molar-refractivity contribution is 5.50. The predicted octanol–water partition coefficient (Wildman–Crippen LogP) is 4.87. The molecule has 0 unspecified atom stereocenters. The van der Waals surface area contributed by atoms with Crippen LogP contribution in [0.25, 0.3) is 0 Å². The van der Waals surface area contributed by atoms with Crippen molar-refractivity contribution in [3.05, 3.63) is 28.8 Å². The first kappa shape index (κ1) is 17.0. The number of rotatable bonds is 2. The van der Waals surface area contributed by atoms with Gasteiger partial charge in [-0.05, 0) is 53.5 Å². The monoisotopic (exact) mass is 278 g/mol. The van der Waals surface area contributed by atoms with Crippen LogP contribution < -0.4 is 0 Å². The van der Waals surface area contributed by atoms with Gasteiger partial charge in [-0.15, -0.1) is 0 Å². The Morgan fingerprint density at radius 2 is 1.15 bits per heavy atom. The Morgan fingerprint density at radius 1 is 0.800 bits per heavy atom. The Morgan fingerprint density at radius 3 is 1.40 bits per heavy atom. The highest BCUT2D eigenvalue weighted by atomic mass is 16.5. The van der Waals surface area contributed by atoms with Gasteiger partial charge < -0.3 is 9.84 Å². The number of phenols is 1. The molecule has 20 heavy (non-hydrogen) atoms. The van der Waals surface area contributed by atoms with Gasteiger partial charge in [0.1, 0.15) is 5.75 Å². The van der Waals surface area contributed by atoms with E-state index < -0.39 is 0 Å². The van der Waals surface area contributed by atoms with Crippen molar-refractivity contribution in [2.75, 3.05) is 7.11 Å². The maximum atomic E-state index is 10.7. The summed E-state index contributed by atoms with van der Waals surface area (Å²) >= 11 is 0. The fraction of sp³-hybridized carbons (Fsp3) is 0.667. The third-order valence-electron chi connectivity index (χ3n) is 3.93. The van der Waals surface area contributed by atoms with Crippen LogP contribution in [0.3, 0.4) is 0 Å². The van der Waals surface area contributed by atoms with Crippen molar-refractivity contribution < 1.29 is 9.84 Å². The number of hydrogen-bond acceptors (Lipinski definition) is 2. The Hall–Kier alpha value is -1.02. The van der Waals surface area contributed by atoms with Gasteiger partial charge in [0.15, 0.2) is 0 Å². The summed E-state index contributed by atoms with van der Waals surface area (Å²) in [5, 5.41) is 10.7. The SMILES string of the molecule is COC(C)(C)c1cc(C(C)(C)C)c(O)c(C(C)(C)C)c1. The molecule has 2 heteroatoms. The largest absolute Gasteiger partial charge is 0.507 e. The third-order valence-corrected chi connectivity index (χ3v) is 3.93. The molecule has 0 heterocycles. The Kier molecular flexibility index (Phi) is 4.32. The molecule has 0 aliphatic carbocycles. The van der Waals surface area contributed by atoms with Crippen molar-refractivity contribution >= 4 is 0 Å². The van der Waals surface area contributed by atoms with Crippen molar-refractivity contribution in [2.24, 2.45) is 0 Å². The molecule has 114 valence electrons. The summed E-state index contributed by atoms with van der Waals surface area (Å²) in [6.07, 6.45) is 0. The third kappa shape index (κ3) is 3.35. The smallest absolute Gasteiger partial charge is 0.123 e. The van der Waals surface area contributed by atoms with E-state index in [0.29, 0.717) is 5.75 Å². The molecular formula is C18H30O2. The zero-order chi connectivity index (χ0) is 15.9. The van der Waals surface area contributed by atoms with Crippen molar-refractivity contribution in [2.45, 2.75) is 71.8 Å². The summed E-state index contributed by atoms with van der Waals surface area (Å²) in [6.45, 7) is 16.8. The molecule has 1 aromatic rings. The molecule has 0 saturated heterocycles. The first-order chi connectivity index (χ1) is 8.80. The molecule has 0 bridgehead atoms. The van der Waals surface area contributed by atoms with E-state index in [2.05, 4.69) is 67.5 Å². The van der Waals surface area contributed by atoms with E-state index in [1.54, 1.807) is 7.11 Å². The number of ether oxygens (including phenoxy) is 1. The van der Waals surface area contributed by atoms with Crippen molar-refractivity contribution in [3.8, 4) is 5.75 Å². The van der Waals surface area contributed by atoms with Crippen LogP contribution in [-0.2, 0) is 21.2 Å². The molecule has 2 nitrogen and oxygen atoms in total. The van der Waals surface area contributed by atoms with E-state index in [-0.39, 0.29) is 16.4 Å². The Labute approximate surface area is 124 Å². The first-order valence-corrected chi connectivity index (χ1v) is 7.24. The van der Waals surface area contributed by atoms with E-state index in [4.69, 9.17) is 4.74 Å². The van der Waals surface area contributed by atoms with E-state index in [9.17, 15) is 5.11 Å². The molecule has 0 radical (unpaired) electrons. The summed E-state index contributed by atoms with van der Waals surface area (Å²) in [7, 11) is 1.72. The number of hydrogen-bond donors (Lipinski definition) is 1. The molecular weight excluding hydrogens is 248 g/mol. The lowest BCUT2D eigenvalue weighted by atomic mass is 9.77. The summed E-state index contributed by atoms with van der Waals surface area (Å²) < 4.78 is 5.62. The number of aromatic hydroxyl groups is 1. The number of phenolic OH excluding ortho intramolecular Hbond substituents is 1. The Balaban J connectivity index is 3.68. The minimum Gasteiger partial charge on any atom is -0.507 e. The normalized spacial score (nSPS) is 13.7. The van der Waals surface area contributed by atoms with Crippen LogP contribution in [0.4, 0.5) is 0 Å². The van der Waals surface area contributed by atoms with E-state index >= 15 is 0 Å². The zero-order valence-electron chi connectivity index (χ0n) is 14.5. The molecule has 0 saturated carbocycles. The second-order valence-corrected chi connectivity index (χ2v) is 8.13. The summed E-state index contributed by atoms with van der Waals surface area (Å²) in [5.74, 6) is 0.417. The summed E-state index contributed by atoms with van der Waals surface area (Å²) in [4.78, 5) is 0. The van der Waals surface area contributed by atoms with Crippen LogP contribution >= 0.6 is 0 Å². The van der Waals surface area contributed by atoms with Gasteiger partial charge in [0.25, 0.3) is 0 Å².